The number of likely N-dealkylation sites (N-methyl/N-ethyl adjacent to an activating group) is 1. The fourth-order valence-electron chi connectivity index (χ4n) is 3.69. The molecule has 0 spiro atoms. The monoisotopic (exact) mass is 360 g/mol. The second-order valence-corrected chi connectivity index (χ2v) is 6.74. The van der Waals surface area contributed by atoms with Crippen molar-refractivity contribution in [3.8, 4) is 16.9 Å². The van der Waals surface area contributed by atoms with E-state index in [-0.39, 0.29) is 0 Å². The Balaban J connectivity index is 1.49. The maximum atomic E-state index is 4.49. The number of nitrogens with one attached hydrogen (secondary N) is 2. The first-order chi connectivity index (χ1) is 13.3. The summed E-state index contributed by atoms with van der Waals surface area (Å²) in [6.07, 6.45) is 6.63. The Morgan fingerprint density at radius 3 is 2.89 bits per heavy atom. The van der Waals surface area contributed by atoms with Gasteiger partial charge in [0, 0.05) is 42.5 Å². The van der Waals surface area contributed by atoms with Crippen LogP contribution in [0.15, 0.2) is 48.9 Å². The predicted molar refractivity (Wildman–Crippen MR) is 104 cm³/mol. The minimum atomic E-state index is 0.520. The summed E-state index contributed by atoms with van der Waals surface area (Å²) >= 11 is 0. The van der Waals surface area contributed by atoms with Crippen molar-refractivity contribution in [3.63, 3.8) is 0 Å². The van der Waals surface area contributed by atoms with E-state index in [0.717, 1.165) is 53.2 Å². The zero-order valence-corrected chi connectivity index (χ0v) is 15.0. The van der Waals surface area contributed by atoms with Crippen LogP contribution in [0, 0.1) is 0 Å². The van der Waals surface area contributed by atoms with Crippen molar-refractivity contribution in [2.24, 2.45) is 0 Å². The smallest absolute Gasteiger partial charge is 0.151 e. The van der Waals surface area contributed by atoms with Crippen molar-refractivity contribution < 1.29 is 0 Å². The molecule has 5 rings (SSSR count). The van der Waals surface area contributed by atoms with E-state index in [9.17, 15) is 0 Å². The van der Waals surface area contributed by atoms with Gasteiger partial charge in [-0.25, -0.2) is 4.68 Å². The third-order valence-electron chi connectivity index (χ3n) is 5.19. The lowest BCUT2D eigenvalue weighted by molar-refractivity contribution is 0.616. The quantitative estimate of drug-likeness (QED) is 0.579. The van der Waals surface area contributed by atoms with Crippen molar-refractivity contribution in [3.05, 3.63) is 48.9 Å². The van der Waals surface area contributed by atoms with Gasteiger partial charge < -0.3 is 10.2 Å². The average Bonchev–Trinajstić information content (AvgIpc) is 3.48. The molecule has 1 fully saturated rings. The van der Waals surface area contributed by atoms with E-state index in [1.807, 2.05) is 54.5 Å². The van der Waals surface area contributed by atoms with E-state index in [4.69, 9.17) is 0 Å². The van der Waals surface area contributed by atoms with Crippen LogP contribution >= 0.6 is 0 Å². The topological polar surface area (TPSA) is 87.5 Å². The first-order valence-corrected chi connectivity index (χ1v) is 9.06. The Morgan fingerprint density at radius 1 is 1.19 bits per heavy atom. The van der Waals surface area contributed by atoms with E-state index in [0.29, 0.717) is 6.04 Å². The molecule has 3 aromatic heterocycles. The summed E-state index contributed by atoms with van der Waals surface area (Å²) < 4.78 is 1.82. The number of rotatable bonds is 4. The molecule has 136 valence electrons. The molecule has 2 N–H and O–H groups in total. The number of hydrogen-bond acceptors (Lipinski definition) is 6. The standard InChI is InChI=1S/C19H20N8/c1-20-13-7-10-26(12-13)18-6-4-16(23-24-18)14-3-5-17(27-9-2-8-22-27)19-15(14)11-21-25-19/h2-6,8-9,11,13,20H,7,10,12H2,1H3,(H,21,25). The number of nitrogens with zero attached hydrogens (tertiary/aromatic N) is 6. The lowest BCUT2D eigenvalue weighted by Gasteiger charge is -2.17. The van der Waals surface area contributed by atoms with E-state index < -0.39 is 0 Å². The largest absolute Gasteiger partial charge is 0.354 e. The maximum absolute atomic E-state index is 4.49. The summed E-state index contributed by atoms with van der Waals surface area (Å²) in [4.78, 5) is 2.27. The number of aromatic amines is 1. The van der Waals surface area contributed by atoms with E-state index in [1.165, 1.54) is 0 Å². The number of hydrogen-bond donors (Lipinski definition) is 2. The summed E-state index contributed by atoms with van der Waals surface area (Å²) in [5.74, 6) is 0.924. The van der Waals surface area contributed by atoms with Gasteiger partial charge in [-0.05, 0) is 43.8 Å². The van der Waals surface area contributed by atoms with Gasteiger partial charge >= 0.3 is 0 Å². The highest BCUT2D eigenvalue weighted by Crippen LogP contribution is 2.30. The maximum Gasteiger partial charge on any atom is 0.151 e. The molecule has 0 saturated carbocycles. The molecule has 0 amide bonds. The van der Waals surface area contributed by atoms with Gasteiger partial charge in [-0.1, -0.05) is 0 Å². The third kappa shape index (κ3) is 2.74. The van der Waals surface area contributed by atoms with Crippen molar-refractivity contribution in [1.29, 1.82) is 0 Å². The van der Waals surface area contributed by atoms with Crippen LogP contribution in [0.3, 0.4) is 0 Å². The summed E-state index contributed by atoms with van der Waals surface area (Å²) in [5.41, 5.74) is 3.72. The normalized spacial score (nSPS) is 17.1. The first-order valence-electron chi connectivity index (χ1n) is 9.06. The van der Waals surface area contributed by atoms with Crippen LogP contribution in [0.25, 0.3) is 27.8 Å². The van der Waals surface area contributed by atoms with Crippen molar-refractivity contribution in [2.75, 3.05) is 25.0 Å². The number of anilines is 1. The Labute approximate surface area is 156 Å². The lowest BCUT2D eigenvalue weighted by Crippen LogP contribution is -2.29. The van der Waals surface area contributed by atoms with E-state index in [2.05, 4.69) is 35.7 Å². The number of fused-ring (bicyclic) bond motifs is 1. The first kappa shape index (κ1) is 16.0. The van der Waals surface area contributed by atoms with Crippen LogP contribution < -0.4 is 10.2 Å². The molecular weight excluding hydrogens is 340 g/mol. The molecular formula is C19H20N8. The van der Waals surface area contributed by atoms with Gasteiger partial charge in [-0.2, -0.15) is 10.2 Å². The van der Waals surface area contributed by atoms with Crippen LogP contribution in [0.4, 0.5) is 5.82 Å². The van der Waals surface area contributed by atoms with Crippen LogP contribution in [-0.4, -0.2) is 56.4 Å². The molecule has 1 aliphatic rings. The zero-order valence-electron chi connectivity index (χ0n) is 15.0. The molecule has 0 aliphatic carbocycles. The SMILES string of the molecule is CNC1CCN(c2ccc(-c3ccc(-n4cccn4)c4[nH]ncc34)nn2)C1. The molecule has 4 aromatic rings. The number of benzene rings is 1. The molecule has 4 heterocycles. The van der Waals surface area contributed by atoms with E-state index >= 15 is 0 Å². The second-order valence-electron chi connectivity index (χ2n) is 6.74. The minimum absolute atomic E-state index is 0.520. The van der Waals surface area contributed by atoms with Crippen LogP contribution in [0.1, 0.15) is 6.42 Å². The summed E-state index contributed by atoms with van der Waals surface area (Å²) in [6, 6.07) is 10.6. The zero-order chi connectivity index (χ0) is 18.2. The van der Waals surface area contributed by atoms with Crippen molar-refractivity contribution in [2.45, 2.75) is 12.5 Å². The summed E-state index contributed by atoms with van der Waals surface area (Å²) in [6.45, 7) is 1.97. The minimum Gasteiger partial charge on any atom is -0.354 e. The van der Waals surface area contributed by atoms with Crippen LogP contribution in [-0.2, 0) is 0 Å². The Hall–Kier alpha value is -3.26. The highest BCUT2D eigenvalue weighted by Gasteiger charge is 2.22. The molecule has 1 atom stereocenters. The van der Waals surface area contributed by atoms with Gasteiger partial charge in [-0.15, -0.1) is 10.2 Å². The molecule has 1 unspecified atom stereocenters. The van der Waals surface area contributed by atoms with Gasteiger partial charge in [-0.3, -0.25) is 5.10 Å². The van der Waals surface area contributed by atoms with Gasteiger partial charge in [0.1, 0.15) is 0 Å². The Kier molecular flexibility index (Phi) is 3.83. The Bertz CT molecular complexity index is 1050. The predicted octanol–water partition coefficient (Wildman–Crippen LogP) is 2.00. The van der Waals surface area contributed by atoms with Crippen molar-refractivity contribution in [1.82, 2.24) is 35.5 Å². The van der Waals surface area contributed by atoms with Gasteiger partial charge in [0.05, 0.1) is 23.1 Å². The molecule has 0 radical (unpaired) electrons. The molecule has 27 heavy (non-hydrogen) atoms. The van der Waals surface area contributed by atoms with Gasteiger partial charge in [0.25, 0.3) is 0 Å². The van der Waals surface area contributed by atoms with E-state index in [1.54, 1.807) is 6.20 Å². The third-order valence-corrected chi connectivity index (χ3v) is 5.19. The fraction of sp³-hybridized carbons (Fsp3) is 0.263. The summed E-state index contributed by atoms with van der Waals surface area (Å²) in [7, 11) is 2.01. The molecule has 1 aliphatic heterocycles. The molecule has 1 aromatic carbocycles. The average molecular weight is 360 g/mol. The van der Waals surface area contributed by atoms with Crippen molar-refractivity contribution >= 4 is 16.7 Å². The fourth-order valence-corrected chi connectivity index (χ4v) is 3.69. The second kappa shape index (κ2) is 6.48. The number of aromatic nitrogens is 6. The lowest BCUT2D eigenvalue weighted by atomic mass is 10.1. The number of H-pyrrole nitrogens is 1. The molecule has 1 saturated heterocycles. The van der Waals surface area contributed by atoms with Crippen LogP contribution in [0.2, 0.25) is 0 Å². The highest BCUT2D eigenvalue weighted by molar-refractivity contribution is 5.97. The summed E-state index contributed by atoms with van der Waals surface area (Å²) in [5, 5.41) is 24.9. The Morgan fingerprint density at radius 2 is 2.15 bits per heavy atom. The molecule has 8 heteroatoms. The molecule has 0 bridgehead atoms. The van der Waals surface area contributed by atoms with Crippen LogP contribution in [0.5, 0.6) is 0 Å². The molecule has 8 nitrogen and oxygen atoms in total. The van der Waals surface area contributed by atoms with Gasteiger partial charge in [0.2, 0.25) is 0 Å². The highest BCUT2D eigenvalue weighted by atomic mass is 15.3. The van der Waals surface area contributed by atoms with Gasteiger partial charge in [0.15, 0.2) is 5.82 Å².